The van der Waals surface area contributed by atoms with Crippen LogP contribution in [-0.4, -0.2) is 9.78 Å². The first kappa shape index (κ1) is 11.5. The molecule has 0 amide bonds. The molecule has 17 heavy (non-hydrogen) atoms. The molecule has 0 aliphatic heterocycles. The van der Waals surface area contributed by atoms with Crippen LogP contribution in [0.25, 0.3) is 5.69 Å². The predicted molar refractivity (Wildman–Crippen MR) is 57.7 cm³/mol. The Balaban J connectivity index is 2.51. The third-order valence-electron chi connectivity index (χ3n) is 2.40. The van der Waals surface area contributed by atoms with E-state index in [1.165, 1.54) is 29.9 Å². The molecule has 0 aliphatic rings. The van der Waals surface area contributed by atoms with E-state index < -0.39 is 11.7 Å². The van der Waals surface area contributed by atoms with Gasteiger partial charge in [-0.2, -0.15) is 18.3 Å². The van der Waals surface area contributed by atoms with Gasteiger partial charge in [-0.05, 0) is 24.6 Å². The molecular weight excluding hydrogens is 231 g/mol. The first-order chi connectivity index (χ1) is 7.88. The van der Waals surface area contributed by atoms with Crippen molar-refractivity contribution < 1.29 is 13.2 Å². The molecule has 1 aromatic carbocycles. The molecule has 6 heteroatoms. The minimum Gasteiger partial charge on any atom is -0.382 e. The molecular formula is C11H10F3N3. The number of alkyl halides is 3. The summed E-state index contributed by atoms with van der Waals surface area (Å²) in [6.45, 7) is 1.42. The summed E-state index contributed by atoms with van der Waals surface area (Å²) in [6, 6.07) is 5.56. The van der Waals surface area contributed by atoms with E-state index in [1.807, 2.05) is 0 Å². The van der Waals surface area contributed by atoms with Crippen LogP contribution >= 0.6 is 0 Å². The third kappa shape index (κ3) is 2.25. The molecule has 0 fully saturated rings. The van der Waals surface area contributed by atoms with Crippen LogP contribution in [0.1, 0.15) is 11.1 Å². The smallest absolute Gasteiger partial charge is 0.382 e. The first-order valence-electron chi connectivity index (χ1n) is 4.87. The maximum absolute atomic E-state index is 12.7. The number of anilines is 1. The summed E-state index contributed by atoms with van der Waals surface area (Å²) in [7, 11) is 0. The molecule has 1 aromatic heterocycles. The average Bonchev–Trinajstić information content (AvgIpc) is 2.64. The lowest BCUT2D eigenvalue weighted by molar-refractivity contribution is -0.138. The fourth-order valence-electron chi connectivity index (χ4n) is 1.54. The Labute approximate surface area is 95.7 Å². The van der Waals surface area contributed by atoms with Crippen LogP contribution in [0.2, 0.25) is 0 Å². The molecule has 2 rings (SSSR count). The Morgan fingerprint density at radius 3 is 2.47 bits per heavy atom. The Morgan fingerprint density at radius 2 is 1.94 bits per heavy atom. The number of aromatic nitrogens is 2. The normalized spacial score (nSPS) is 11.8. The lowest BCUT2D eigenvalue weighted by Crippen LogP contribution is -2.09. The van der Waals surface area contributed by atoms with E-state index >= 15 is 0 Å². The van der Waals surface area contributed by atoms with E-state index in [0.717, 1.165) is 6.07 Å². The first-order valence-corrected chi connectivity index (χ1v) is 4.87. The second-order valence-corrected chi connectivity index (χ2v) is 3.68. The molecule has 0 spiro atoms. The topological polar surface area (TPSA) is 43.8 Å². The van der Waals surface area contributed by atoms with Crippen molar-refractivity contribution in [3.63, 3.8) is 0 Å². The number of aryl methyl sites for hydroxylation is 1. The Bertz CT molecular complexity index is 543. The number of rotatable bonds is 1. The molecule has 0 saturated heterocycles. The molecule has 0 unspecified atom stereocenters. The molecule has 0 bridgehead atoms. The highest BCUT2D eigenvalue weighted by Gasteiger charge is 2.32. The zero-order valence-electron chi connectivity index (χ0n) is 8.99. The van der Waals surface area contributed by atoms with Gasteiger partial charge < -0.3 is 5.73 Å². The summed E-state index contributed by atoms with van der Waals surface area (Å²) >= 11 is 0. The molecule has 1 heterocycles. The zero-order valence-corrected chi connectivity index (χ0v) is 8.99. The largest absolute Gasteiger partial charge is 0.416 e. The van der Waals surface area contributed by atoms with Gasteiger partial charge in [-0.25, -0.2) is 4.68 Å². The fourth-order valence-corrected chi connectivity index (χ4v) is 1.54. The van der Waals surface area contributed by atoms with E-state index in [9.17, 15) is 13.2 Å². The van der Waals surface area contributed by atoms with Gasteiger partial charge in [-0.3, -0.25) is 0 Å². The van der Waals surface area contributed by atoms with Crippen molar-refractivity contribution >= 4 is 5.82 Å². The summed E-state index contributed by atoms with van der Waals surface area (Å²) in [5, 5.41) is 3.86. The van der Waals surface area contributed by atoms with Crippen molar-refractivity contribution in [3.8, 4) is 5.69 Å². The monoisotopic (exact) mass is 241 g/mol. The number of nitrogens with zero attached hydrogens (tertiary/aromatic N) is 2. The molecule has 2 aromatic rings. The number of nitrogens with two attached hydrogens (primary N) is 1. The highest BCUT2D eigenvalue weighted by atomic mass is 19.4. The predicted octanol–water partition coefficient (Wildman–Crippen LogP) is 2.78. The molecule has 0 saturated carbocycles. The van der Waals surface area contributed by atoms with E-state index in [1.54, 1.807) is 6.07 Å². The summed E-state index contributed by atoms with van der Waals surface area (Å²) in [6.07, 6.45) is -2.85. The quantitative estimate of drug-likeness (QED) is 0.834. The van der Waals surface area contributed by atoms with Crippen molar-refractivity contribution in [2.45, 2.75) is 13.1 Å². The Hall–Kier alpha value is -1.98. The fraction of sp³-hybridized carbons (Fsp3) is 0.182. The minimum atomic E-state index is -4.36. The SMILES string of the molecule is Cc1ccc(-n2ccc(N)n2)cc1C(F)(F)F. The van der Waals surface area contributed by atoms with Gasteiger partial charge in [0.1, 0.15) is 5.82 Å². The van der Waals surface area contributed by atoms with Crippen molar-refractivity contribution in [1.82, 2.24) is 9.78 Å². The summed E-state index contributed by atoms with van der Waals surface area (Å²) in [5.74, 6) is 0.263. The van der Waals surface area contributed by atoms with Crippen LogP contribution in [-0.2, 0) is 6.18 Å². The summed E-state index contributed by atoms with van der Waals surface area (Å²) in [5.41, 5.74) is 5.27. The van der Waals surface area contributed by atoms with Gasteiger partial charge in [-0.15, -0.1) is 0 Å². The number of benzene rings is 1. The van der Waals surface area contributed by atoms with Gasteiger partial charge in [0.25, 0.3) is 0 Å². The number of nitrogen functional groups attached to an aromatic ring is 1. The zero-order chi connectivity index (χ0) is 12.6. The molecule has 0 atom stereocenters. The number of halogens is 3. The van der Waals surface area contributed by atoms with Crippen molar-refractivity contribution in [3.05, 3.63) is 41.6 Å². The standard InChI is InChI=1S/C11H10F3N3/c1-7-2-3-8(6-9(7)11(12,13)14)17-5-4-10(15)16-17/h2-6H,1H3,(H2,15,16). The molecule has 0 aliphatic carbocycles. The Kier molecular flexibility index (Phi) is 2.57. The molecule has 0 radical (unpaired) electrons. The van der Waals surface area contributed by atoms with Gasteiger partial charge in [0, 0.05) is 12.3 Å². The van der Waals surface area contributed by atoms with Crippen LogP contribution in [0.15, 0.2) is 30.5 Å². The van der Waals surface area contributed by atoms with Gasteiger partial charge in [0.05, 0.1) is 11.3 Å². The maximum Gasteiger partial charge on any atom is 0.416 e. The van der Waals surface area contributed by atoms with Crippen LogP contribution < -0.4 is 5.73 Å². The highest BCUT2D eigenvalue weighted by Crippen LogP contribution is 2.32. The van der Waals surface area contributed by atoms with E-state index in [0.29, 0.717) is 5.69 Å². The van der Waals surface area contributed by atoms with Crippen LogP contribution in [0.5, 0.6) is 0 Å². The van der Waals surface area contributed by atoms with Gasteiger partial charge in [-0.1, -0.05) is 6.07 Å². The second-order valence-electron chi connectivity index (χ2n) is 3.68. The maximum atomic E-state index is 12.7. The highest BCUT2D eigenvalue weighted by molar-refractivity contribution is 5.42. The third-order valence-corrected chi connectivity index (χ3v) is 2.40. The number of hydrogen-bond donors (Lipinski definition) is 1. The van der Waals surface area contributed by atoms with E-state index in [-0.39, 0.29) is 11.4 Å². The van der Waals surface area contributed by atoms with E-state index in [2.05, 4.69) is 5.10 Å². The van der Waals surface area contributed by atoms with Crippen molar-refractivity contribution in [1.29, 1.82) is 0 Å². The van der Waals surface area contributed by atoms with Crippen molar-refractivity contribution in [2.75, 3.05) is 5.73 Å². The van der Waals surface area contributed by atoms with E-state index in [4.69, 9.17) is 5.73 Å². The van der Waals surface area contributed by atoms with Gasteiger partial charge in [0.15, 0.2) is 0 Å². The molecule has 2 N–H and O–H groups in total. The summed E-state index contributed by atoms with van der Waals surface area (Å²) < 4.78 is 39.4. The minimum absolute atomic E-state index is 0.182. The lowest BCUT2D eigenvalue weighted by atomic mass is 10.1. The molecule has 90 valence electrons. The average molecular weight is 241 g/mol. The van der Waals surface area contributed by atoms with Crippen LogP contribution in [0, 0.1) is 6.92 Å². The van der Waals surface area contributed by atoms with Gasteiger partial charge >= 0.3 is 6.18 Å². The molecule has 3 nitrogen and oxygen atoms in total. The lowest BCUT2D eigenvalue weighted by Gasteiger charge is -2.11. The van der Waals surface area contributed by atoms with Gasteiger partial charge in [0.2, 0.25) is 0 Å². The second kappa shape index (κ2) is 3.80. The Morgan fingerprint density at radius 1 is 1.24 bits per heavy atom. The number of hydrogen-bond acceptors (Lipinski definition) is 2. The summed E-state index contributed by atoms with van der Waals surface area (Å²) in [4.78, 5) is 0. The van der Waals surface area contributed by atoms with Crippen molar-refractivity contribution in [2.24, 2.45) is 0 Å². The van der Waals surface area contributed by atoms with Crippen LogP contribution in [0.3, 0.4) is 0 Å². The van der Waals surface area contributed by atoms with Crippen LogP contribution in [0.4, 0.5) is 19.0 Å².